The van der Waals surface area contributed by atoms with Crippen LogP contribution in [-0.2, 0) is 9.68 Å². The Hall–Kier alpha value is -1.37. The normalized spacial score (nSPS) is 22.0. The largest absolute Gasteiger partial charge is 0.508 e. The fourth-order valence-corrected chi connectivity index (χ4v) is 1.40. The molecule has 15 heavy (non-hydrogen) atoms. The number of aliphatic hydroxyl groups is 1. The molecule has 0 radical (unpaired) electrons. The number of hydroxylamine groups is 1. The van der Waals surface area contributed by atoms with Gasteiger partial charge in [0.25, 0.3) is 0 Å². The van der Waals surface area contributed by atoms with Gasteiger partial charge in [-0.05, 0) is 30.9 Å². The molecule has 1 rings (SSSR count). The molecule has 0 aromatic heterocycles. The quantitative estimate of drug-likeness (QED) is 0.408. The first kappa shape index (κ1) is 11.7. The second-order valence-electron chi connectivity index (χ2n) is 3.31. The SMILES string of the molecule is O=C(OO)C(CC1C=CC(O)=CC1)NO. The zero-order chi connectivity index (χ0) is 11.3. The Kier molecular flexibility index (Phi) is 4.29. The van der Waals surface area contributed by atoms with Crippen LogP contribution in [0.4, 0.5) is 0 Å². The molecule has 0 fully saturated rings. The third-order valence-electron chi connectivity index (χ3n) is 2.24. The molecule has 0 aromatic rings. The number of hydrogen-bond acceptors (Lipinski definition) is 6. The summed E-state index contributed by atoms with van der Waals surface area (Å²) in [4.78, 5) is 14.4. The summed E-state index contributed by atoms with van der Waals surface area (Å²) in [6, 6.07) is -0.974. The Balaban J connectivity index is 2.47. The summed E-state index contributed by atoms with van der Waals surface area (Å²) in [7, 11) is 0. The lowest BCUT2D eigenvalue weighted by molar-refractivity contribution is -0.239. The molecule has 0 aromatic carbocycles. The third-order valence-corrected chi connectivity index (χ3v) is 2.24. The van der Waals surface area contributed by atoms with E-state index in [2.05, 4.69) is 4.89 Å². The third kappa shape index (κ3) is 3.35. The van der Waals surface area contributed by atoms with Crippen molar-refractivity contribution in [2.24, 2.45) is 5.92 Å². The molecule has 6 nitrogen and oxygen atoms in total. The molecule has 1 aliphatic carbocycles. The van der Waals surface area contributed by atoms with Gasteiger partial charge in [0.2, 0.25) is 0 Å². The van der Waals surface area contributed by atoms with Crippen molar-refractivity contribution >= 4 is 5.97 Å². The van der Waals surface area contributed by atoms with Crippen LogP contribution in [-0.4, -0.2) is 27.6 Å². The van der Waals surface area contributed by atoms with E-state index in [9.17, 15) is 4.79 Å². The highest BCUT2D eigenvalue weighted by Gasteiger charge is 2.23. The van der Waals surface area contributed by atoms with Crippen molar-refractivity contribution in [1.29, 1.82) is 0 Å². The topological polar surface area (TPSA) is 99.0 Å². The Labute approximate surface area is 86.4 Å². The Bertz CT molecular complexity index is 286. The second-order valence-corrected chi connectivity index (χ2v) is 3.31. The predicted molar refractivity (Wildman–Crippen MR) is 50.0 cm³/mol. The van der Waals surface area contributed by atoms with Crippen LogP contribution in [0.15, 0.2) is 24.0 Å². The highest BCUT2D eigenvalue weighted by atomic mass is 17.1. The maximum Gasteiger partial charge on any atom is 0.361 e. The number of nitrogens with one attached hydrogen (secondary N) is 1. The summed E-state index contributed by atoms with van der Waals surface area (Å²) in [6.45, 7) is 0. The Morgan fingerprint density at radius 3 is 2.93 bits per heavy atom. The van der Waals surface area contributed by atoms with Crippen molar-refractivity contribution in [3.63, 3.8) is 0 Å². The van der Waals surface area contributed by atoms with Gasteiger partial charge in [-0.1, -0.05) is 6.08 Å². The van der Waals surface area contributed by atoms with Gasteiger partial charge in [0.1, 0.15) is 11.8 Å². The molecule has 0 saturated carbocycles. The van der Waals surface area contributed by atoms with Gasteiger partial charge in [0.15, 0.2) is 0 Å². The van der Waals surface area contributed by atoms with Crippen LogP contribution in [0.3, 0.4) is 0 Å². The zero-order valence-corrected chi connectivity index (χ0v) is 7.96. The number of aliphatic hydroxyl groups excluding tert-OH is 1. The van der Waals surface area contributed by atoms with E-state index < -0.39 is 12.0 Å². The lowest BCUT2D eigenvalue weighted by Crippen LogP contribution is -2.37. The van der Waals surface area contributed by atoms with Gasteiger partial charge < -0.3 is 10.3 Å². The minimum absolute atomic E-state index is 0.00431. The van der Waals surface area contributed by atoms with E-state index in [-0.39, 0.29) is 18.1 Å². The van der Waals surface area contributed by atoms with Gasteiger partial charge in [0, 0.05) is 0 Å². The summed E-state index contributed by atoms with van der Waals surface area (Å²) in [5, 5.41) is 25.8. The van der Waals surface area contributed by atoms with Crippen molar-refractivity contribution < 1.29 is 25.3 Å². The monoisotopic (exact) mass is 215 g/mol. The first-order valence-corrected chi connectivity index (χ1v) is 4.49. The molecule has 0 bridgehead atoms. The number of allylic oxidation sites excluding steroid dienone is 3. The molecule has 4 N–H and O–H groups in total. The van der Waals surface area contributed by atoms with Crippen LogP contribution in [0.1, 0.15) is 12.8 Å². The van der Waals surface area contributed by atoms with Crippen LogP contribution >= 0.6 is 0 Å². The number of hydrogen-bond donors (Lipinski definition) is 4. The van der Waals surface area contributed by atoms with E-state index in [1.54, 1.807) is 17.6 Å². The van der Waals surface area contributed by atoms with Crippen molar-refractivity contribution in [2.45, 2.75) is 18.9 Å². The number of carbonyl (C=O) groups excluding carboxylic acids is 1. The number of rotatable bonds is 4. The first-order valence-electron chi connectivity index (χ1n) is 4.49. The molecule has 84 valence electrons. The molecular weight excluding hydrogens is 202 g/mol. The maximum atomic E-state index is 10.9. The standard InChI is InChI=1S/C9H13NO5/c11-7-3-1-6(2-4-7)5-8(10-13)9(12)15-14/h1,3-4,6,8,10-11,13-14H,2,5H2. The van der Waals surface area contributed by atoms with Gasteiger partial charge in [-0.3, -0.25) is 4.89 Å². The average molecular weight is 215 g/mol. The van der Waals surface area contributed by atoms with Crippen LogP contribution in [0, 0.1) is 5.92 Å². The van der Waals surface area contributed by atoms with Crippen LogP contribution in [0.2, 0.25) is 0 Å². The average Bonchev–Trinajstić information content (AvgIpc) is 2.27. The lowest BCUT2D eigenvalue weighted by atomic mass is 9.93. The van der Waals surface area contributed by atoms with Gasteiger partial charge in [-0.25, -0.2) is 4.79 Å². The molecular formula is C9H13NO5. The van der Waals surface area contributed by atoms with Crippen molar-refractivity contribution in [3.05, 3.63) is 24.0 Å². The molecule has 6 heteroatoms. The summed E-state index contributed by atoms with van der Waals surface area (Å²) < 4.78 is 0. The molecule has 0 aliphatic heterocycles. The van der Waals surface area contributed by atoms with Gasteiger partial charge in [-0.15, -0.1) is 0 Å². The summed E-state index contributed by atoms with van der Waals surface area (Å²) in [5.74, 6) is -0.751. The molecule has 1 aliphatic rings. The van der Waals surface area contributed by atoms with Crippen molar-refractivity contribution in [1.82, 2.24) is 5.48 Å². The zero-order valence-electron chi connectivity index (χ0n) is 7.96. The highest BCUT2D eigenvalue weighted by molar-refractivity contribution is 5.74. The summed E-state index contributed by atoms with van der Waals surface area (Å²) in [6.07, 6.45) is 5.70. The van der Waals surface area contributed by atoms with E-state index >= 15 is 0 Å². The van der Waals surface area contributed by atoms with Crippen LogP contribution in [0.25, 0.3) is 0 Å². The Morgan fingerprint density at radius 2 is 2.47 bits per heavy atom. The molecule has 2 unspecified atom stereocenters. The van der Waals surface area contributed by atoms with Gasteiger partial charge in [0.05, 0.1) is 0 Å². The fourth-order valence-electron chi connectivity index (χ4n) is 1.40. The minimum Gasteiger partial charge on any atom is -0.508 e. The number of carbonyl (C=O) groups is 1. The summed E-state index contributed by atoms with van der Waals surface area (Å²) in [5.41, 5.74) is 1.76. The second kappa shape index (κ2) is 5.50. The highest BCUT2D eigenvalue weighted by Crippen LogP contribution is 2.20. The van der Waals surface area contributed by atoms with Crippen molar-refractivity contribution in [2.75, 3.05) is 0 Å². The maximum absolute atomic E-state index is 10.9. The van der Waals surface area contributed by atoms with Gasteiger partial charge >= 0.3 is 5.97 Å². The molecule has 0 saturated heterocycles. The van der Waals surface area contributed by atoms with E-state index in [0.29, 0.717) is 6.42 Å². The van der Waals surface area contributed by atoms with E-state index in [1.165, 1.54) is 6.08 Å². The molecule has 0 spiro atoms. The molecule has 0 amide bonds. The van der Waals surface area contributed by atoms with Crippen molar-refractivity contribution in [3.8, 4) is 0 Å². The summed E-state index contributed by atoms with van der Waals surface area (Å²) >= 11 is 0. The molecule has 0 heterocycles. The van der Waals surface area contributed by atoms with Gasteiger partial charge in [-0.2, -0.15) is 10.7 Å². The fraction of sp³-hybridized carbons (Fsp3) is 0.444. The van der Waals surface area contributed by atoms with Crippen LogP contribution in [0.5, 0.6) is 0 Å². The van der Waals surface area contributed by atoms with E-state index in [0.717, 1.165) is 0 Å². The predicted octanol–water partition coefficient (Wildman–Crippen LogP) is 0.758. The molecule has 2 atom stereocenters. The lowest BCUT2D eigenvalue weighted by Gasteiger charge is -2.18. The Morgan fingerprint density at radius 1 is 1.73 bits per heavy atom. The smallest absolute Gasteiger partial charge is 0.361 e. The first-order chi connectivity index (χ1) is 7.17. The van der Waals surface area contributed by atoms with E-state index in [4.69, 9.17) is 15.6 Å². The van der Waals surface area contributed by atoms with E-state index in [1.807, 2.05) is 0 Å². The van der Waals surface area contributed by atoms with Crippen LogP contribution < -0.4 is 5.48 Å². The minimum atomic E-state index is -0.974.